The summed E-state index contributed by atoms with van der Waals surface area (Å²) in [5, 5.41) is 15.6. The largest absolute Gasteiger partial charge is 0.392 e. The second kappa shape index (κ2) is 17.1. The van der Waals surface area contributed by atoms with Crippen LogP contribution in [-0.2, 0) is 29.2 Å². The third kappa shape index (κ3) is 8.34. The predicted molar refractivity (Wildman–Crippen MR) is 218 cm³/mol. The van der Waals surface area contributed by atoms with Crippen LogP contribution in [0.4, 0.5) is 4.79 Å². The molecule has 4 atom stereocenters. The number of H-pyrrole nitrogens is 1. The van der Waals surface area contributed by atoms with Gasteiger partial charge in [0.1, 0.15) is 0 Å². The van der Waals surface area contributed by atoms with Crippen molar-refractivity contribution in [1.82, 2.24) is 25.1 Å². The van der Waals surface area contributed by atoms with Crippen LogP contribution in [0.25, 0.3) is 22.2 Å². The summed E-state index contributed by atoms with van der Waals surface area (Å²) in [6.07, 6.45) is 0.855. The number of aliphatic hydroxyl groups excluding tert-OH is 1. The number of fused-ring (bicyclic) bond motifs is 1. The maximum atomic E-state index is 12.9. The number of carbonyl (C=O) groups is 1. The first-order valence-electron chi connectivity index (χ1n) is 19.6. The molecule has 2 aliphatic heterocycles. The quantitative estimate of drug-likeness (QED) is 0.108. The van der Waals surface area contributed by atoms with E-state index >= 15 is 0 Å². The zero-order chi connectivity index (χ0) is 38.4. The number of nitrogens with zero attached hydrogens (tertiary/aromatic N) is 2. The van der Waals surface area contributed by atoms with E-state index in [9.17, 15) is 14.7 Å². The summed E-state index contributed by atoms with van der Waals surface area (Å²) in [7, 11) is 0. The second-order valence-electron chi connectivity index (χ2n) is 15.0. The van der Waals surface area contributed by atoms with Gasteiger partial charge in [-0.2, -0.15) is 0 Å². The Bertz CT molecular complexity index is 2280. The van der Waals surface area contributed by atoms with Crippen molar-refractivity contribution < 1.29 is 19.4 Å². The Labute approximate surface area is 327 Å². The van der Waals surface area contributed by atoms with Crippen LogP contribution in [0.1, 0.15) is 66.0 Å². The number of aromatic amines is 1. The first kappa shape index (κ1) is 37.4. The van der Waals surface area contributed by atoms with Crippen molar-refractivity contribution in [3.63, 3.8) is 0 Å². The molecule has 10 heteroatoms. The first-order valence-corrected chi connectivity index (χ1v) is 19.6. The molecule has 10 nitrogen and oxygen atoms in total. The fraction of sp³-hybridized carbons (Fsp3) is 0.304. The predicted octanol–water partition coefficient (Wildman–Crippen LogP) is 7.62. The first-order chi connectivity index (χ1) is 27.4. The van der Waals surface area contributed by atoms with Gasteiger partial charge in [0.25, 0.3) is 0 Å². The molecule has 2 fully saturated rings. The van der Waals surface area contributed by atoms with Crippen molar-refractivity contribution in [1.29, 1.82) is 0 Å². The highest BCUT2D eigenvalue weighted by Crippen LogP contribution is 2.42. The van der Waals surface area contributed by atoms with Gasteiger partial charge < -0.3 is 35.1 Å². The smallest absolute Gasteiger partial charge is 0.326 e. The van der Waals surface area contributed by atoms with Gasteiger partial charge in [0.2, 0.25) is 0 Å². The van der Waals surface area contributed by atoms with E-state index in [0.29, 0.717) is 13.1 Å². The number of aromatic nitrogens is 2. The maximum absolute atomic E-state index is 12.9. The number of piperidine rings is 1. The minimum atomic E-state index is -0.583. The number of rotatable bonds is 11. The number of likely N-dealkylation sites (tertiary alicyclic amines) is 1. The molecule has 56 heavy (non-hydrogen) atoms. The molecule has 1 aromatic heterocycles. The molecule has 0 spiro atoms. The lowest BCUT2D eigenvalue weighted by Crippen LogP contribution is -2.47. The Hall–Kier alpha value is -5.52. The summed E-state index contributed by atoms with van der Waals surface area (Å²) in [6, 6.07) is 42.1. The molecular formula is C46H49N5O5. The second-order valence-corrected chi connectivity index (χ2v) is 15.0. The van der Waals surface area contributed by atoms with E-state index in [2.05, 4.69) is 57.8 Å². The van der Waals surface area contributed by atoms with E-state index in [1.165, 1.54) is 0 Å². The van der Waals surface area contributed by atoms with E-state index in [0.717, 1.165) is 82.5 Å². The lowest BCUT2D eigenvalue weighted by atomic mass is 9.89. The normalized spacial score (nSPS) is 20.5. The van der Waals surface area contributed by atoms with Gasteiger partial charge in [0.05, 0.1) is 29.8 Å². The number of carbonyl (C=O) groups excluding carboxylic acids is 1. The summed E-state index contributed by atoms with van der Waals surface area (Å²) in [5.41, 5.74) is 8.76. The molecule has 4 unspecified atom stereocenters. The van der Waals surface area contributed by atoms with Crippen LogP contribution in [0, 0.1) is 5.92 Å². The molecule has 2 aliphatic rings. The molecule has 2 amide bonds. The zero-order valence-electron chi connectivity index (χ0n) is 31.6. The average Bonchev–Trinajstić information content (AvgIpc) is 3.59. The van der Waals surface area contributed by atoms with E-state index < -0.39 is 6.29 Å². The number of hydrogen-bond acceptors (Lipinski definition) is 6. The lowest BCUT2D eigenvalue weighted by molar-refractivity contribution is -0.276. The van der Waals surface area contributed by atoms with Crippen molar-refractivity contribution in [2.45, 2.75) is 64.0 Å². The van der Waals surface area contributed by atoms with Crippen LogP contribution in [0.15, 0.2) is 132 Å². The third-order valence-electron chi connectivity index (χ3n) is 11.4. The number of para-hydroxylation sites is 2. The van der Waals surface area contributed by atoms with Crippen molar-refractivity contribution in [2.75, 3.05) is 19.6 Å². The molecular weight excluding hydrogens is 703 g/mol. The van der Waals surface area contributed by atoms with E-state index in [1.54, 1.807) is 0 Å². The number of amides is 2. The summed E-state index contributed by atoms with van der Waals surface area (Å²) in [5.74, 6) is 0.0590. The fourth-order valence-corrected chi connectivity index (χ4v) is 8.17. The summed E-state index contributed by atoms with van der Waals surface area (Å²) >= 11 is 0. The molecule has 0 aliphatic carbocycles. The van der Waals surface area contributed by atoms with Crippen LogP contribution in [0.2, 0.25) is 0 Å². The SMILES string of the molecule is CC1C(CN2CCC(n3c(=O)[nH]c4ccccc43)CC2)OC(c2ccc(-c3ccccc3CNC(=O)NCc3ccccc3)cc2)OC1c1ccc(CO)cc1. The van der Waals surface area contributed by atoms with Crippen LogP contribution < -0.4 is 16.3 Å². The van der Waals surface area contributed by atoms with Gasteiger partial charge >= 0.3 is 11.7 Å². The van der Waals surface area contributed by atoms with Crippen molar-refractivity contribution in [3.05, 3.63) is 166 Å². The van der Waals surface area contributed by atoms with Crippen LogP contribution in [0.3, 0.4) is 0 Å². The molecule has 0 bridgehead atoms. The number of benzene rings is 5. The number of aliphatic hydroxyl groups is 1. The third-order valence-corrected chi connectivity index (χ3v) is 11.4. The number of imidazole rings is 1. The van der Waals surface area contributed by atoms with Gasteiger partial charge in [-0.05, 0) is 58.4 Å². The number of urea groups is 1. The molecule has 8 rings (SSSR count). The van der Waals surface area contributed by atoms with Gasteiger partial charge in [-0.1, -0.05) is 122 Å². The van der Waals surface area contributed by atoms with Crippen molar-refractivity contribution >= 4 is 17.1 Å². The molecule has 288 valence electrons. The maximum Gasteiger partial charge on any atom is 0.326 e. The van der Waals surface area contributed by atoms with Crippen molar-refractivity contribution in [3.8, 4) is 11.1 Å². The average molecular weight is 752 g/mol. The van der Waals surface area contributed by atoms with Crippen LogP contribution in [0.5, 0.6) is 0 Å². The van der Waals surface area contributed by atoms with Gasteiger partial charge in [-0.15, -0.1) is 0 Å². The molecule has 0 saturated carbocycles. The number of nitrogens with one attached hydrogen (secondary N) is 3. The van der Waals surface area contributed by atoms with Crippen molar-refractivity contribution in [2.24, 2.45) is 5.92 Å². The summed E-state index contributed by atoms with van der Waals surface area (Å²) in [4.78, 5) is 31.0. The lowest BCUT2D eigenvalue weighted by Gasteiger charge is -2.44. The van der Waals surface area contributed by atoms with Gasteiger partial charge in [-0.25, -0.2) is 9.59 Å². The Balaban J connectivity index is 0.960. The zero-order valence-corrected chi connectivity index (χ0v) is 31.6. The molecule has 2 saturated heterocycles. The van der Waals surface area contributed by atoms with Gasteiger partial charge in [0.15, 0.2) is 6.29 Å². The molecule has 6 aromatic rings. The highest BCUT2D eigenvalue weighted by Gasteiger charge is 2.39. The van der Waals surface area contributed by atoms with Gasteiger partial charge in [-0.3, -0.25) is 4.57 Å². The van der Waals surface area contributed by atoms with E-state index in [-0.39, 0.29) is 42.5 Å². The highest BCUT2D eigenvalue weighted by atomic mass is 16.7. The molecule has 4 N–H and O–H groups in total. The monoisotopic (exact) mass is 751 g/mol. The molecule has 3 heterocycles. The minimum absolute atomic E-state index is 0.0106. The van der Waals surface area contributed by atoms with E-state index in [4.69, 9.17) is 9.47 Å². The highest BCUT2D eigenvalue weighted by molar-refractivity contribution is 5.75. The number of hydrogen-bond donors (Lipinski definition) is 4. The summed E-state index contributed by atoms with van der Waals surface area (Å²) in [6.45, 7) is 5.51. The van der Waals surface area contributed by atoms with Gasteiger partial charge in [0, 0.05) is 50.2 Å². The molecule has 5 aromatic carbocycles. The Morgan fingerprint density at radius 2 is 1.45 bits per heavy atom. The molecule has 0 radical (unpaired) electrons. The van der Waals surface area contributed by atoms with Crippen LogP contribution >= 0.6 is 0 Å². The summed E-state index contributed by atoms with van der Waals surface area (Å²) < 4.78 is 15.5. The Kier molecular flexibility index (Phi) is 11.4. The minimum Gasteiger partial charge on any atom is -0.392 e. The van der Waals surface area contributed by atoms with Crippen LogP contribution in [-0.4, -0.2) is 51.3 Å². The fourth-order valence-electron chi connectivity index (χ4n) is 8.17. The Morgan fingerprint density at radius 3 is 2.21 bits per heavy atom. The topological polar surface area (TPSA) is 121 Å². The standard InChI is InChI=1S/C46H49N5O5/c1-31-42(29-50-25-23-38(24-26-50)51-41-14-8-7-13-40(41)49-46(51)54)55-44(56-43(31)35-17-15-33(30-52)16-18-35)36-21-19-34(20-22-36)39-12-6-5-11-37(39)28-48-45(53)47-27-32-9-3-2-4-10-32/h2-22,31,38,42-44,52H,23-30H2,1H3,(H,49,54)(H2,47,48,53). The van der Waals surface area contributed by atoms with E-state index in [1.807, 2.05) is 102 Å². The Morgan fingerprint density at radius 1 is 0.768 bits per heavy atom. The number of ether oxygens (including phenoxy) is 2.